The first-order valence-electron chi connectivity index (χ1n) is 38.3. The Balaban J connectivity index is 0.000000171. The number of carbonyl (C=O) groups is 2. The number of aromatic nitrogens is 3. The molecule has 2 atom stereocenters. The number of hydrogen-bond donors (Lipinski definition) is 3. The van der Waals surface area contributed by atoms with E-state index in [1.165, 1.54) is 90.8 Å². The van der Waals surface area contributed by atoms with Crippen LogP contribution in [0.2, 0.25) is 34.9 Å². The average molecular weight is 1710 g/mol. The van der Waals surface area contributed by atoms with Crippen LogP contribution in [0.25, 0.3) is 11.1 Å². The molecule has 109 heavy (non-hydrogen) atoms. The van der Waals surface area contributed by atoms with Gasteiger partial charge in [-0.1, -0.05) is 117 Å². The van der Waals surface area contributed by atoms with Gasteiger partial charge in [-0.15, -0.1) is 22.7 Å². The number of anilines is 2. The number of nitrogens with one attached hydrogen (secondary N) is 2. The van der Waals surface area contributed by atoms with Crippen LogP contribution in [-0.2, 0) is 28.6 Å². The second-order valence-corrected chi connectivity index (χ2v) is 59.8. The summed E-state index contributed by atoms with van der Waals surface area (Å²) in [6.07, 6.45) is 20.4. The Morgan fingerprint density at radius 3 is 1.22 bits per heavy atom. The molecule has 0 saturated carbocycles. The van der Waals surface area contributed by atoms with Crippen LogP contribution in [0.1, 0.15) is 131 Å². The summed E-state index contributed by atoms with van der Waals surface area (Å²) in [5, 5.41) is 13.9. The zero-order valence-electron chi connectivity index (χ0n) is 64.5. The fourth-order valence-electron chi connectivity index (χ4n) is 15.3. The topological polar surface area (TPSA) is 154 Å². The predicted octanol–water partition coefficient (Wildman–Crippen LogP) is 18.3. The van der Waals surface area contributed by atoms with Crippen LogP contribution in [0, 0.1) is 11.6 Å². The summed E-state index contributed by atoms with van der Waals surface area (Å²) in [6.45, 7) is 22.6. The van der Waals surface area contributed by atoms with E-state index in [9.17, 15) is 18.4 Å². The Bertz CT molecular complexity index is 4410. The maximum atomic E-state index is 13.8. The molecule has 0 spiro atoms. The van der Waals surface area contributed by atoms with E-state index in [0.29, 0.717) is 44.2 Å². The third-order valence-corrected chi connectivity index (χ3v) is 44.1. The number of allylic oxidation sites excluding steroid dienone is 2. The molecule has 0 radical (unpaired) electrons. The van der Waals surface area contributed by atoms with Gasteiger partial charge in [-0.25, -0.2) is 28.3 Å². The van der Waals surface area contributed by atoms with Crippen molar-refractivity contribution in [3.63, 3.8) is 0 Å². The van der Waals surface area contributed by atoms with Gasteiger partial charge in [0.2, 0.25) is 0 Å². The second-order valence-electron chi connectivity index (χ2n) is 31.6. The van der Waals surface area contributed by atoms with Gasteiger partial charge >= 0.3 is 192 Å². The first kappa shape index (κ1) is 83.6. The van der Waals surface area contributed by atoms with Gasteiger partial charge in [0.05, 0.1) is 26.4 Å². The molecular weight excluding hydrogens is 1600 g/mol. The molecule has 6 aromatic carbocycles. The SMILES string of the molecule is CC(C)(C)[Si](OCc1nc[c]([Sn]([CH3])([CH3])[CH3])s1)(c1ccccc1)c1ccccc1.CC(C)(C)[Si](OCc1ncc(C2=CCC(N(CCN3CCCC3)C(=O)Nc3ccc(F)c(Cl)c3)CC2)s1)(c1ccccc1)c1ccccc1.NCc1ncc(C2=CCC(N(CCN3CCCC3)C(=O)Nc3ccc(F)c(Cl)c3)CC2)s1. The van der Waals surface area contributed by atoms with Crippen LogP contribution in [0.3, 0.4) is 0 Å². The number of urea groups is 2. The van der Waals surface area contributed by atoms with Crippen molar-refractivity contribution in [2.75, 3.05) is 63.0 Å². The summed E-state index contributed by atoms with van der Waals surface area (Å²) in [7, 11) is -5.15. The van der Waals surface area contributed by atoms with E-state index < -0.39 is 46.6 Å². The zero-order valence-corrected chi connectivity index (χ0v) is 73.3. The summed E-state index contributed by atoms with van der Waals surface area (Å²) in [4.78, 5) is 59.1. The predicted molar refractivity (Wildman–Crippen MR) is 459 cm³/mol. The minimum atomic E-state index is -2.67. The van der Waals surface area contributed by atoms with Gasteiger partial charge in [0.15, 0.2) is 0 Å². The van der Waals surface area contributed by atoms with Crippen LogP contribution in [0.15, 0.2) is 188 Å². The molecule has 5 heterocycles. The van der Waals surface area contributed by atoms with Crippen LogP contribution < -0.4 is 40.0 Å². The van der Waals surface area contributed by atoms with Gasteiger partial charge in [0.1, 0.15) is 21.6 Å². The molecule has 4 amide bonds. The van der Waals surface area contributed by atoms with Crippen molar-refractivity contribution in [2.45, 2.75) is 162 Å². The Hall–Kier alpha value is -6.30. The van der Waals surface area contributed by atoms with Crippen molar-refractivity contribution in [1.82, 2.24) is 34.6 Å². The van der Waals surface area contributed by atoms with Gasteiger partial charge in [-0.2, -0.15) is 0 Å². The van der Waals surface area contributed by atoms with Crippen LogP contribution in [0.4, 0.5) is 29.7 Å². The number of nitrogens with zero attached hydrogens (tertiary/aromatic N) is 7. The van der Waals surface area contributed by atoms with Gasteiger partial charge in [-0.05, 0) is 153 Å². The summed E-state index contributed by atoms with van der Waals surface area (Å²) in [5.74, 6) is -1.00. The first-order valence-corrected chi connectivity index (χ1v) is 55.3. The molecule has 2 saturated heterocycles. The number of nitrogens with two attached hydrogens (primary N) is 1. The quantitative estimate of drug-likeness (QED) is 0.0498. The number of benzene rings is 6. The standard InChI is InChI=1S/C39H46ClFN4O2SSi.C23H29ClFN5OS.C20H22NOSSi.3CH3.Sn/c1-39(2,3)49(32-12-6-4-7-13-32,33-14-8-5-9-15-33)47-28-37-42-27-36(48-37)29-16-19-31(20-17-29)45(25-24-44-22-10-11-23-44)38(46)43-30-18-21-35(41)34(40)26-30;24-19-13-17(5-8-20(19)25)28-23(31)30(12-11-29-9-1-2-10-29)18-6-3-16(4-7-18)21-15-27-22(14-26)32-21;1-20(2,3)24(17-10-6-4-7-11-17,18-12-8-5-9-13-18)22-16-19-21-14-15-23-19;;;;/h4-9,12-16,18,21,26-27,31H,10-11,17,19-20,22-25,28H2,1-3H3,(H,43,46);3,5,8,13,15,18H,1-2,4,6-7,9-12,14,26H2,(H,28,31);4-14H,16H2,1-3H3;3*1H3;. The fourth-order valence-corrected chi connectivity index (χ4v) is 32.4. The van der Waals surface area contributed by atoms with Crippen molar-refractivity contribution in [3.05, 3.63) is 235 Å². The summed E-state index contributed by atoms with van der Waals surface area (Å²) < 4.78 is 42.9. The van der Waals surface area contributed by atoms with Crippen molar-refractivity contribution in [3.8, 4) is 0 Å². The van der Waals surface area contributed by atoms with Crippen molar-refractivity contribution < 1.29 is 27.2 Å². The number of carbonyl (C=O) groups excluding carboxylic acids is 2. The minimum Gasteiger partial charge on any atom is -0.401 e. The van der Waals surface area contributed by atoms with Gasteiger partial charge in [0.25, 0.3) is 8.32 Å². The monoisotopic (exact) mass is 1710 g/mol. The van der Waals surface area contributed by atoms with E-state index in [2.05, 4.69) is 221 Å². The van der Waals surface area contributed by atoms with Crippen molar-refractivity contribution >= 4 is 150 Å². The van der Waals surface area contributed by atoms with Crippen LogP contribution in [-0.4, -0.2) is 146 Å². The molecule has 2 unspecified atom stereocenters. The molecule has 14 nitrogen and oxygen atoms in total. The molecule has 24 heteroatoms. The normalized spacial score (nSPS) is 16.6. The first-order chi connectivity index (χ1) is 52.3. The number of rotatable bonds is 24. The van der Waals surface area contributed by atoms with Crippen LogP contribution >= 0.6 is 57.2 Å². The molecule has 3 aromatic heterocycles. The molecular formula is C85H106Cl2F2N10O4S3Si2Sn. The Morgan fingerprint density at radius 2 is 0.899 bits per heavy atom. The van der Waals surface area contributed by atoms with E-state index in [4.69, 9.17) is 47.8 Å². The average Bonchev–Trinajstić information content (AvgIpc) is 1.69. The summed E-state index contributed by atoms with van der Waals surface area (Å²) in [6, 6.07) is 51.4. The third-order valence-electron chi connectivity index (χ3n) is 21.1. The Morgan fingerprint density at radius 1 is 0.541 bits per heavy atom. The maximum Gasteiger partial charge on any atom is 0.322 e. The van der Waals surface area contributed by atoms with E-state index in [1.807, 2.05) is 33.5 Å². The molecule has 2 aliphatic carbocycles. The van der Waals surface area contributed by atoms with Crippen LogP contribution in [0.5, 0.6) is 0 Å². The number of amides is 4. The number of thiazole rings is 3. The molecule has 4 N–H and O–H groups in total. The Kier molecular flexibility index (Phi) is 29.5. The zero-order chi connectivity index (χ0) is 77.4. The molecule has 2 fully saturated rings. The second kappa shape index (κ2) is 38.5. The smallest absolute Gasteiger partial charge is 0.322 e. The number of halogens is 4. The number of likely N-dealkylation sites (tertiary alicyclic amines) is 2. The largest absolute Gasteiger partial charge is 0.401 e. The fraction of sp³-hybridized carbons (Fsp3) is 0.400. The third kappa shape index (κ3) is 21.5. The van der Waals surface area contributed by atoms with Gasteiger partial charge in [-0.3, -0.25) is 0 Å². The van der Waals surface area contributed by atoms with E-state index >= 15 is 0 Å². The van der Waals surface area contributed by atoms with Gasteiger partial charge < -0.3 is 40.4 Å². The maximum absolute atomic E-state index is 13.8. The number of hydrogen-bond acceptors (Lipinski definition) is 13. The van der Waals surface area contributed by atoms with E-state index in [1.54, 1.807) is 28.7 Å². The summed E-state index contributed by atoms with van der Waals surface area (Å²) in [5.41, 5.74) is 9.24. The van der Waals surface area contributed by atoms with Crippen molar-refractivity contribution in [2.24, 2.45) is 5.73 Å². The van der Waals surface area contributed by atoms with E-state index in [-0.39, 0.29) is 44.3 Å². The molecule has 2 aliphatic heterocycles. The molecule has 13 rings (SSSR count). The Labute approximate surface area is 672 Å². The minimum absolute atomic E-state index is 0.000939. The molecule has 578 valence electrons. The van der Waals surface area contributed by atoms with E-state index in [0.717, 1.165) is 103 Å². The molecule has 4 aliphatic rings. The van der Waals surface area contributed by atoms with Crippen molar-refractivity contribution in [1.29, 1.82) is 0 Å². The van der Waals surface area contributed by atoms with Gasteiger partial charge in [0, 0.05) is 68.6 Å². The summed E-state index contributed by atoms with van der Waals surface area (Å²) >= 11 is 15.0. The molecule has 9 aromatic rings. The molecule has 0 bridgehead atoms.